The molecule has 0 spiro atoms. The van der Waals surface area contributed by atoms with E-state index >= 15 is 0 Å². The standard InChI is InChI=1S/C8H12O4.C6H14O2/c9-7(10)5-3-1-2-4-6(5)8(11)12;7-5-3-1-2-4-6-8/h5-6H,1-4H2,(H,9,10)(H,11,12);7-8H,1-6H2. The summed E-state index contributed by atoms with van der Waals surface area (Å²) < 4.78 is 0. The summed E-state index contributed by atoms with van der Waals surface area (Å²) in [6.45, 7) is 0.566. The van der Waals surface area contributed by atoms with Crippen LogP contribution in [0.2, 0.25) is 0 Å². The molecule has 2 atom stereocenters. The number of hydrogen-bond donors (Lipinski definition) is 4. The van der Waals surface area contributed by atoms with Gasteiger partial charge in [-0.25, -0.2) is 0 Å². The molecule has 2 unspecified atom stereocenters. The predicted molar refractivity (Wildman–Crippen MR) is 73.4 cm³/mol. The molecule has 1 fully saturated rings. The first-order chi connectivity index (χ1) is 9.54. The van der Waals surface area contributed by atoms with Crippen LogP contribution in [0.3, 0.4) is 0 Å². The number of hydrogen-bond acceptors (Lipinski definition) is 4. The van der Waals surface area contributed by atoms with Crippen LogP contribution in [0.4, 0.5) is 0 Å². The van der Waals surface area contributed by atoms with E-state index in [-0.39, 0.29) is 13.2 Å². The molecule has 4 N–H and O–H groups in total. The quantitative estimate of drug-likeness (QED) is 0.528. The average Bonchev–Trinajstić information content (AvgIpc) is 2.44. The van der Waals surface area contributed by atoms with Crippen LogP contribution in [-0.2, 0) is 9.59 Å². The van der Waals surface area contributed by atoms with Crippen molar-refractivity contribution in [1.82, 2.24) is 0 Å². The van der Waals surface area contributed by atoms with Crippen LogP contribution in [0, 0.1) is 11.8 Å². The van der Waals surface area contributed by atoms with E-state index in [1.165, 1.54) is 0 Å². The summed E-state index contributed by atoms with van der Waals surface area (Å²) in [5, 5.41) is 34.0. The van der Waals surface area contributed by atoms with Crippen molar-refractivity contribution in [2.45, 2.75) is 51.4 Å². The highest BCUT2D eigenvalue weighted by Gasteiger charge is 2.35. The van der Waals surface area contributed by atoms with Gasteiger partial charge in [0.25, 0.3) is 0 Å². The van der Waals surface area contributed by atoms with E-state index in [1.807, 2.05) is 0 Å². The molecule has 6 nitrogen and oxygen atoms in total. The second-order valence-electron chi connectivity index (χ2n) is 5.04. The third kappa shape index (κ3) is 8.12. The minimum atomic E-state index is -0.970. The largest absolute Gasteiger partial charge is 0.481 e. The van der Waals surface area contributed by atoms with Gasteiger partial charge in [-0.3, -0.25) is 9.59 Å². The Kier molecular flexibility index (Phi) is 11.0. The number of aliphatic hydroxyl groups is 2. The third-order valence-electron chi connectivity index (χ3n) is 3.47. The van der Waals surface area contributed by atoms with Crippen LogP contribution in [0.25, 0.3) is 0 Å². The number of carbonyl (C=O) groups is 2. The average molecular weight is 290 g/mol. The maximum Gasteiger partial charge on any atom is 0.307 e. The fraction of sp³-hybridized carbons (Fsp3) is 0.857. The maximum absolute atomic E-state index is 10.6. The van der Waals surface area contributed by atoms with E-state index in [2.05, 4.69) is 0 Å². The highest BCUT2D eigenvalue weighted by Crippen LogP contribution is 2.30. The Bertz CT molecular complexity index is 251. The van der Waals surface area contributed by atoms with Crippen molar-refractivity contribution in [3.05, 3.63) is 0 Å². The van der Waals surface area contributed by atoms with Crippen molar-refractivity contribution in [1.29, 1.82) is 0 Å². The Balaban J connectivity index is 0.000000396. The van der Waals surface area contributed by atoms with Crippen LogP contribution in [0.15, 0.2) is 0 Å². The van der Waals surface area contributed by atoms with Gasteiger partial charge < -0.3 is 20.4 Å². The molecule has 0 saturated heterocycles. The highest BCUT2D eigenvalue weighted by molar-refractivity contribution is 5.80. The smallest absolute Gasteiger partial charge is 0.307 e. The van der Waals surface area contributed by atoms with Gasteiger partial charge in [0.1, 0.15) is 0 Å². The molecule has 0 aromatic heterocycles. The lowest BCUT2D eigenvalue weighted by Gasteiger charge is -2.24. The summed E-state index contributed by atoms with van der Waals surface area (Å²) in [6, 6.07) is 0. The van der Waals surface area contributed by atoms with Gasteiger partial charge in [0, 0.05) is 13.2 Å². The van der Waals surface area contributed by atoms with Gasteiger partial charge in [0.15, 0.2) is 0 Å². The number of aliphatic carboxylic acids is 2. The summed E-state index contributed by atoms with van der Waals surface area (Å²) in [6.07, 6.45) is 6.51. The Hall–Kier alpha value is -1.14. The van der Waals surface area contributed by atoms with Crippen LogP contribution in [0.5, 0.6) is 0 Å². The molecule has 0 heterocycles. The number of carboxylic acid groups (broad SMARTS) is 2. The Labute approximate surface area is 119 Å². The minimum absolute atomic E-state index is 0.283. The Morgan fingerprint density at radius 2 is 1.10 bits per heavy atom. The third-order valence-corrected chi connectivity index (χ3v) is 3.47. The molecule has 20 heavy (non-hydrogen) atoms. The van der Waals surface area contributed by atoms with Crippen molar-refractivity contribution in [3.8, 4) is 0 Å². The molecule has 118 valence electrons. The van der Waals surface area contributed by atoms with E-state index in [0.717, 1.165) is 38.5 Å². The first kappa shape index (κ1) is 18.9. The Morgan fingerprint density at radius 1 is 0.750 bits per heavy atom. The molecule has 0 aliphatic heterocycles. The topological polar surface area (TPSA) is 115 Å². The van der Waals surface area contributed by atoms with Crippen molar-refractivity contribution < 1.29 is 30.0 Å². The Morgan fingerprint density at radius 3 is 1.35 bits per heavy atom. The molecular formula is C14H26O6. The van der Waals surface area contributed by atoms with Crippen molar-refractivity contribution in [2.24, 2.45) is 11.8 Å². The molecule has 0 amide bonds. The van der Waals surface area contributed by atoms with Gasteiger partial charge in [-0.05, 0) is 25.7 Å². The number of carboxylic acids is 2. The zero-order valence-corrected chi connectivity index (χ0v) is 11.8. The van der Waals surface area contributed by atoms with E-state index in [0.29, 0.717) is 12.8 Å². The number of rotatable bonds is 7. The van der Waals surface area contributed by atoms with Crippen molar-refractivity contribution >= 4 is 11.9 Å². The molecule has 1 rings (SSSR count). The number of unbranched alkanes of at least 4 members (excludes halogenated alkanes) is 3. The van der Waals surface area contributed by atoms with Gasteiger partial charge in [-0.15, -0.1) is 0 Å². The molecule has 1 aliphatic rings. The van der Waals surface area contributed by atoms with Gasteiger partial charge in [-0.2, -0.15) is 0 Å². The monoisotopic (exact) mass is 290 g/mol. The summed E-state index contributed by atoms with van der Waals surface area (Å²) in [5.41, 5.74) is 0. The van der Waals surface area contributed by atoms with E-state index in [9.17, 15) is 9.59 Å². The minimum Gasteiger partial charge on any atom is -0.481 e. The summed E-state index contributed by atoms with van der Waals surface area (Å²) in [4.78, 5) is 21.2. The molecule has 0 aromatic carbocycles. The predicted octanol–water partition coefficient (Wildman–Crippen LogP) is 1.49. The molecule has 1 saturated carbocycles. The van der Waals surface area contributed by atoms with Crippen LogP contribution in [-0.4, -0.2) is 45.6 Å². The van der Waals surface area contributed by atoms with Crippen molar-refractivity contribution in [2.75, 3.05) is 13.2 Å². The molecule has 0 bridgehead atoms. The second kappa shape index (κ2) is 11.7. The SMILES string of the molecule is O=C(O)C1CCCCC1C(=O)O.OCCCCCCO. The lowest BCUT2D eigenvalue weighted by molar-refractivity contribution is -0.155. The molecule has 0 radical (unpaired) electrons. The zero-order valence-electron chi connectivity index (χ0n) is 11.8. The molecule has 6 heteroatoms. The lowest BCUT2D eigenvalue weighted by Crippen LogP contribution is -2.32. The van der Waals surface area contributed by atoms with Crippen LogP contribution >= 0.6 is 0 Å². The van der Waals surface area contributed by atoms with Gasteiger partial charge >= 0.3 is 11.9 Å². The summed E-state index contributed by atoms with van der Waals surface area (Å²) in [5.74, 6) is -3.28. The van der Waals surface area contributed by atoms with Crippen molar-refractivity contribution in [3.63, 3.8) is 0 Å². The zero-order chi connectivity index (χ0) is 15.4. The van der Waals surface area contributed by atoms with E-state index in [1.54, 1.807) is 0 Å². The second-order valence-corrected chi connectivity index (χ2v) is 5.04. The van der Waals surface area contributed by atoms with Crippen LogP contribution in [0.1, 0.15) is 51.4 Å². The van der Waals surface area contributed by atoms with E-state index in [4.69, 9.17) is 20.4 Å². The first-order valence-electron chi connectivity index (χ1n) is 7.22. The van der Waals surface area contributed by atoms with Gasteiger partial charge in [-0.1, -0.05) is 25.7 Å². The summed E-state index contributed by atoms with van der Waals surface area (Å²) >= 11 is 0. The van der Waals surface area contributed by atoms with Gasteiger partial charge in [0.05, 0.1) is 11.8 Å². The fourth-order valence-electron chi connectivity index (χ4n) is 2.30. The van der Waals surface area contributed by atoms with E-state index < -0.39 is 23.8 Å². The molecular weight excluding hydrogens is 264 g/mol. The normalized spacial score (nSPS) is 21.7. The maximum atomic E-state index is 10.6. The molecule has 1 aliphatic carbocycles. The van der Waals surface area contributed by atoms with Gasteiger partial charge in [0.2, 0.25) is 0 Å². The number of aliphatic hydroxyl groups excluding tert-OH is 2. The fourth-order valence-corrected chi connectivity index (χ4v) is 2.30. The highest BCUT2D eigenvalue weighted by atomic mass is 16.4. The lowest BCUT2D eigenvalue weighted by atomic mass is 9.79. The van der Waals surface area contributed by atoms with Crippen LogP contribution < -0.4 is 0 Å². The molecule has 0 aromatic rings. The first-order valence-corrected chi connectivity index (χ1v) is 7.22. The summed E-state index contributed by atoms with van der Waals surface area (Å²) in [7, 11) is 0.